The molecule has 2 aromatic carbocycles. The molecule has 5 heteroatoms. The maximum Gasteiger partial charge on any atom is 0.255 e. The number of hydrogen-bond acceptors (Lipinski definition) is 4. The first kappa shape index (κ1) is 18.8. The van der Waals surface area contributed by atoms with Crippen molar-refractivity contribution < 1.29 is 19.0 Å². The summed E-state index contributed by atoms with van der Waals surface area (Å²) in [6.45, 7) is 3.75. The van der Waals surface area contributed by atoms with E-state index in [0.29, 0.717) is 42.6 Å². The molecule has 5 nitrogen and oxygen atoms in total. The molecular weight excluding hydrogens is 318 g/mol. The first-order valence-corrected chi connectivity index (χ1v) is 8.49. The van der Waals surface area contributed by atoms with Gasteiger partial charge >= 0.3 is 0 Å². The molecule has 0 bridgehead atoms. The van der Waals surface area contributed by atoms with E-state index in [1.807, 2.05) is 30.3 Å². The third-order valence-corrected chi connectivity index (χ3v) is 3.51. The van der Waals surface area contributed by atoms with E-state index in [2.05, 4.69) is 12.2 Å². The van der Waals surface area contributed by atoms with E-state index >= 15 is 0 Å². The van der Waals surface area contributed by atoms with Gasteiger partial charge < -0.3 is 19.5 Å². The molecule has 0 aliphatic carbocycles. The van der Waals surface area contributed by atoms with Crippen molar-refractivity contribution in [1.82, 2.24) is 0 Å². The fraction of sp³-hybridized carbons (Fsp3) is 0.350. The summed E-state index contributed by atoms with van der Waals surface area (Å²) in [5.74, 6) is 1.21. The van der Waals surface area contributed by atoms with Gasteiger partial charge in [0.25, 0.3) is 5.91 Å². The zero-order chi connectivity index (χ0) is 17.9. The smallest absolute Gasteiger partial charge is 0.255 e. The van der Waals surface area contributed by atoms with Crippen molar-refractivity contribution in [3.8, 4) is 11.5 Å². The minimum Gasteiger partial charge on any atom is -0.494 e. The van der Waals surface area contributed by atoms with Crippen LogP contribution in [0.3, 0.4) is 0 Å². The van der Waals surface area contributed by atoms with Crippen LogP contribution in [-0.2, 0) is 4.74 Å². The van der Waals surface area contributed by atoms with Crippen molar-refractivity contribution in [1.29, 1.82) is 0 Å². The van der Waals surface area contributed by atoms with Crippen LogP contribution < -0.4 is 14.8 Å². The topological polar surface area (TPSA) is 56.8 Å². The lowest BCUT2D eigenvalue weighted by Gasteiger charge is -2.10. The fourth-order valence-electron chi connectivity index (χ4n) is 2.17. The normalized spacial score (nSPS) is 10.3. The van der Waals surface area contributed by atoms with Crippen molar-refractivity contribution in [2.24, 2.45) is 0 Å². The minimum absolute atomic E-state index is 0.185. The van der Waals surface area contributed by atoms with Crippen LogP contribution in [0.4, 0.5) is 5.69 Å². The third-order valence-electron chi connectivity index (χ3n) is 3.51. The number of amides is 1. The number of carbonyl (C=O) groups excluding carboxylic acids is 1. The van der Waals surface area contributed by atoms with Gasteiger partial charge in [-0.1, -0.05) is 25.5 Å². The van der Waals surface area contributed by atoms with E-state index in [4.69, 9.17) is 14.2 Å². The molecule has 0 saturated heterocycles. The van der Waals surface area contributed by atoms with E-state index in [1.54, 1.807) is 25.3 Å². The molecule has 0 atom stereocenters. The van der Waals surface area contributed by atoms with Crippen LogP contribution in [0.1, 0.15) is 30.1 Å². The number of unbranched alkanes of at least 4 members (excludes halogenated alkanes) is 1. The second-order valence-electron chi connectivity index (χ2n) is 5.55. The first-order valence-electron chi connectivity index (χ1n) is 8.49. The molecule has 2 aromatic rings. The molecule has 2 rings (SSSR count). The van der Waals surface area contributed by atoms with Crippen LogP contribution in [-0.4, -0.2) is 32.8 Å². The number of benzene rings is 2. The zero-order valence-electron chi connectivity index (χ0n) is 14.8. The lowest BCUT2D eigenvalue weighted by atomic mass is 10.2. The quantitative estimate of drug-likeness (QED) is 0.659. The monoisotopic (exact) mass is 343 g/mol. The van der Waals surface area contributed by atoms with Crippen molar-refractivity contribution in [3.05, 3.63) is 54.1 Å². The van der Waals surface area contributed by atoms with Gasteiger partial charge in [0.05, 0.1) is 13.2 Å². The van der Waals surface area contributed by atoms with E-state index in [-0.39, 0.29) is 5.91 Å². The van der Waals surface area contributed by atoms with Gasteiger partial charge in [0.2, 0.25) is 0 Å². The standard InChI is InChI=1S/C20H25NO4/c1-3-4-11-24-18-9-5-7-16(14-18)20(22)21-17-8-6-10-19(15-17)25-13-12-23-2/h5-10,14-15H,3-4,11-13H2,1-2H3,(H,21,22). The highest BCUT2D eigenvalue weighted by atomic mass is 16.5. The summed E-state index contributed by atoms with van der Waals surface area (Å²) >= 11 is 0. The summed E-state index contributed by atoms with van der Waals surface area (Å²) in [5.41, 5.74) is 1.23. The van der Waals surface area contributed by atoms with Crippen LogP contribution in [0, 0.1) is 0 Å². The van der Waals surface area contributed by atoms with Gasteiger partial charge in [-0.3, -0.25) is 4.79 Å². The van der Waals surface area contributed by atoms with E-state index in [1.165, 1.54) is 0 Å². The zero-order valence-corrected chi connectivity index (χ0v) is 14.8. The van der Waals surface area contributed by atoms with E-state index in [0.717, 1.165) is 12.8 Å². The number of carbonyl (C=O) groups is 1. The maximum absolute atomic E-state index is 12.4. The van der Waals surface area contributed by atoms with Crippen molar-refractivity contribution in [2.45, 2.75) is 19.8 Å². The van der Waals surface area contributed by atoms with Gasteiger partial charge in [-0.25, -0.2) is 0 Å². The molecule has 0 unspecified atom stereocenters. The Hall–Kier alpha value is -2.53. The maximum atomic E-state index is 12.4. The molecule has 1 N–H and O–H groups in total. The molecule has 134 valence electrons. The Morgan fingerprint density at radius 3 is 2.44 bits per heavy atom. The van der Waals surface area contributed by atoms with Gasteiger partial charge in [-0.05, 0) is 36.8 Å². The summed E-state index contributed by atoms with van der Waals surface area (Å²) in [6, 6.07) is 14.5. The Labute approximate surface area is 148 Å². The average molecular weight is 343 g/mol. The van der Waals surface area contributed by atoms with Crippen LogP contribution in [0.15, 0.2) is 48.5 Å². The van der Waals surface area contributed by atoms with Gasteiger partial charge in [0, 0.05) is 24.4 Å². The van der Waals surface area contributed by atoms with Crippen LogP contribution in [0.5, 0.6) is 11.5 Å². The lowest BCUT2D eigenvalue weighted by Crippen LogP contribution is -2.12. The molecular formula is C20H25NO4. The molecule has 25 heavy (non-hydrogen) atoms. The number of rotatable bonds is 10. The number of ether oxygens (including phenoxy) is 3. The van der Waals surface area contributed by atoms with Crippen molar-refractivity contribution in [2.75, 3.05) is 32.2 Å². The molecule has 0 aliphatic heterocycles. The summed E-state index contributed by atoms with van der Waals surface area (Å²) in [5, 5.41) is 2.88. The van der Waals surface area contributed by atoms with E-state index < -0.39 is 0 Å². The Bertz CT molecular complexity index is 672. The SMILES string of the molecule is CCCCOc1cccc(C(=O)Nc2cccc(OCCOC)c2)c1. The number of nitrogens with one attached hydrogen (secondary N) is 1. The van der Waals surface area contributed by atoms with E-state index in [9.17, 15) is 4.79 Å². The Morgan fingerprint density at radius 1 is 0.960 bits per heavy atom. The minimum atomic E-state index is -0.185. The fourth-order valence-corrected chi connectivity index (χ4v) is 2.17. The third kappa shape index (κ3) is 6.47. The lowest BCUT2D eigenvalue weighted by molar-refractivity contribution is 0.102. The summed E-state index contributed by atoms with van der Waals surface area (Å²) in [6.07, 6.45) is 2.06. The van der Waals surface area contributed by atoms with Gasteiger partial charge in [0.1, 0.15) is 18.1 Å². The largest absolute Gasteiger partial charge is 0.494 e. The van der Waals surface area contributed by atoms with Crippen LogP contribution >= 0.6 is 0 Å². The number of anilines is 1. The van der Waals surface area contributed by atoms with Crippen LogP contribution in [0.2, 0.25) is 0 Å². The molecule has 0 aliphatic rings. The Morgan fingerprint density at radius 2 is 1.68 bits per heavy atom. The number of hydrogen-bond donors (Lipinski definition) is 1. The average Bonchev–Trinajstić information content (AvgIpc) is 2.63. The second kappa shape index (κ2) is 10.4. The van der Waals surface area contributed by atoms with Crippen LogP contribution in [0.25, 0.3) is 0 Å². The second-order valence-corrected chi connectivity index (χ2v) is 5.55. The highest BCUT2D eigenvalue weighted by Gasteiger charge is 2.08. The molecule has 0 radical (unpaired) electrons. The van der Waals surface area contributed by atoms with Gasteiger partial charge in [-0.2, -0.15) is 0 Å². The number of methoxy groups -OCH3 is 1. The predicted octanol–water partition coefficient (Wildman–Crippen LogP) is 4.14. The molecule has 0 aromatic heterocycles. The molecule has 1 amide bonds. The molecule has 0 fully saturated rings. The van der Waals surface area contributed by atoms with Crippen molar-refractivity contribution >= 4 is 11.6 Å². The van der Waals surface area contributed by atoms with Gasteiger partial charge in [0.15, 0.2) is 0 Å². The molecule has 0 heterocycles. The summed E-state index contributed by atoms with van der Waals surface area (Å²) in [4.78, 5) is 12.4. The molecule has 0 spiro atoms. The predicted molar refractivity (Wildman–Crippen MR) is 98.6 cm³/mol. The van der Waals surface area contributed by atoms with Gasteiger partial charge in [-0.15, -0.1) is 0 Å². The Balaban J connectivity index is 1.97. The summed E-state index contributed by atoms with van der Waals surface area (Å²) in [7, 11) is 1.63. The highest BCUT2D eigenvalue weighted by Crippen LogP contribution is 2.19. The molecule has 0 saturated carbocycles. The van der Waals surface area contributed by atoms with Crippen molar-refractivity contribution in [3.63, 3.8) is 0 Å². The Kier molecular flexibility index (Phi) is 7.79. The first-order chi connectivity index (χ1) is 12.2. The highest BCUT2D eigenvalue weighted by molar-refractivity contribution is 6.04. The summed E-state index contributed by atoms with van der Waals surface area (Å²) < 4.78 is 16.2.